The Hall–Kier alpha value is 0. The molecule has 0 spiro atoms. The summed E-state index contributed by atoms with van der Waals surface area (Å²) >= 11 is 0. The third-order valence-corrected chi connectivity index (χ3v) is 1.63. The van der Waals surface area contributed by atoms with E-state index in [0.717, 1.165) is 25.9 Å². The first-order chi connectivity index (χ1) is 4.30. The molecule has 1 aliphatic rings. The zero-order valence-corrected chi connectivity index (χ0v) is 8.08. The molecule has 0 aliphatic carbocycles. The number of carboxylic acid groups (broad SMARTS) is 1. The molecule has 0 saturated carbocycles. The van der Waals surface area contributed by atoms with E-state index in [0.29, 0.717) is 0 Å². The van der Waals surface area contributed by atoms with Crippen LogP contribution in [0.3, 0.4) is 0 Å². The van der Waals surface area contributed by atoms with Crippen molar-refractivity contribution < 1.29 is 9.90 Å². The molecular weight excluding hydrogens is 245 g/mol. The van der Waals surface area contributed by atoms with Gasteiger partial charge in [0.25, 0.3) is 0 Å². The van der Waals surface area contributed by atoms with Crippen LogP contribution in [0.5, 0.6) is 0 Å². The van der Waals surface area contributed by atoms with E-state index in [1.54, 1.807) is 0 Å². The Morgan fingerprint density at radius 3 is 2.00 bits per heavy atom. The molecule has 1 saturated heterocycles. The maximum Gasteiger partial charge on any atom is 0.407 e. The van der Waals surface area contributed by atoms with Crippen molar-refractivity contribution in [1.29, 1.82) is 0 Å². The Morgan fingerprint density at radius 2 is 1.70 bits per heavy atom. The number of carbonyl (C=O) groups is 1. The van der Waals surface area contributed by atoms with Gasteiger partial charge in [0.1, 0.15) is 0 Å². The monoisotopic (exact) mass is 257 g/mol. The van der Waals surface area contributed by atoms with Crippen LogP contribution in [0.2, 0.25) is 0 Å². The molecule has 1 N–H and O–H groups in total. The van der Waals surface area contributed by atoms with Crippen LogP contribution in [0.25, 0.3) is 0 Å². The summed E-state index contributed by atoms with van der Waals surface area (Å²) in [6, 6.07) is 0. The minimum absolute atomic E-state index is 0. The van der Waals surface area contributed by atoms with E-state index in [1.165, 1.54) is 11.3 Å². The zero-order chi connectivity index (χ0) is 6.69. The topological polar surface area (TPSA) is 40.5 Å². The Morgan fingerprint density at radius 1 is 1.20 bits per heavy atom. The lowest BCUT2D eigenvalue weighted by Gasteiger charge is -2.22. The van der Waals surface area contributed by atoms with Gasteiger partial charge in [0, 0.05) is 13.1 Å². The molecule has 0 atom stereocenters. The van der Waals surface area contributed by atoms with Gasteiger partial charge in [0.05, 0.1) is 0 Å². The molecule has 1 aliphatic heterocycles. The van der Waals surface area contributed by atoms with Crippen molar-refractivity contribution >= 4 is 30.1 Å². The third kappa shape index (κ3) is 2.72. The van der Waals surface area contributed by atoms with E-state index < -0.39 is 6.09 Å². The third-order valence-electron chi connectivity index (χ3n) is 1.63. The fraction of sp³-hybridized carbons (Fsp3) is 0.833. The Kier molecular flexibility index (Phi) is 4.76. The van der Waals surface area contributed by atoms with Crippen LogP contribution in [-0.4, -0.2) is 29.2 Å². The van der Waals surface area contributed by atoms with Crippen molar-refractivity contribution in [2.45, 2.75) is 19.3 Å². The maximum absolute atomic E-state index is 10.3. The van der Waals surface area contributed by atoms with Crippen molar-refractivity contribution in [2.75, 3.05) is 13.1 Å². The Bertz CT molecular complexity index is 112. The van der Waals surface area contributed by atoms with Crippen LogP contribution in [0.4, 0.5) is 4.79 Å². The van der Waals surface area contributed by atoms with E-state index in [-0.39, 0.29) is 24.0 Å². The molecular formula is C6H12INO2. The molecule has 1 fully saturated rings. The highest BCUT2D eigenvalue weighted by Crippen LogP contribution is 2.07. The average molecular weight is 257 g/mol. The van der Waals surface area contributed by atoms with Crippen LogP contribution in [0, 0.1) is 0 Å². The maximum atomic E-state index is 10.3. The lowest BCUT2D eigenvalue weighted by Crippen LogP contribution is -2.34. The van der Waals surface area contributed by atoms with Crippen molar-refractivity contribution in [3.05, 3.63) is 0 Å². The van der Waals surface area contributed by atoms with Crippen molar-refractivity contribution in [2.24, 2.45) is 0 Å². The first-order valence-corrected chi connectivity index (χ1v) is 3.28. The summed E-state index contributed by atoms with van der Waals surface area (Å²) in [6.45, 7) is 1.46. The van der Waals surface area contributed by atoms with Gasteiger partial charge in [-0.1, -0.05) is 0 Å². The number of nitrogens with zero attached hydrogens (tertiary/aromatic N) is 1. The highest BCUT2D eigenvalue weighted by atomic mass is 127. The molecule has 0 radical (unpaired) electrons. The van der Waals surface area contributed by atoms with Crippen LogP contribution >= 0.6 is 24.0 Å². The number of likely N-dealkylation sites (tertiary alicyclic amines) is 1. The van der Waals surface area contributed by atoms with Crippen LogP contribution in [0.1, 0.15) is 19.3 Å². The van der Waals surface area contributed by atoms with E-state index in [9.17, 15) is 4.79 Å². The largest absolute Gasteiger partial charge is 0.465 e. The fourth-order valence-corrected chi connectivity index (χ4v) is 1.09. The molecule has 0 bridgehead atoms. The van der Waals surface area contributed by atoms with Gasteiger partial charge in [0.15, 0.2) is 0 Å². The van der Waals surface area contributed by atoms with Gasteiger partial charge in [-0.15, -0.1) is 24.0 Å². The predicted octanol–water partition coefficient (Wildman–Crippen LogP) is 1.77. The van der Waals surface area contributed by atoms with E-state index in [2.05, 4.69) is 0 Å². The highest BCUT2D eigenvalue weighted by molar-refractivity contribution is 14.0. The zero-order valence-electron chi connectivity index (χ0n) is 5.75. The van der Waals surface area contributed by atoms with Gasteiger partial charge in [-0.2, -0.15) is 0 Å². The molecule has 1 rings (SSSR count). The molecule has 0 unspecified atom stereocenters. The summed E-state index contributed by atoms with van der Waals surface area (Å²) in [5, 5.41) is 8.46. The molecule has 1 amide bonds. The van der Waals surface area contributed by atoms with Gasteiger partial charge in [0.2, 0.25) is 0 Å². The number of piperidine rings is 1. The van der Waals surface area contributed by atoms with Crippen LogP contribution in [-0.2, 0) is 0 Å². The predicted molar refractivity (Wildman–Crippen MR) is 48.9 cm³/mol. The van der Waals surface area contributed by atoms with Gasteiger partial charge < -0.3 is 10.0 Å². The van der Waals surface area contributed by atoms with Crippen molar-refractivity contribution in [1.82, 2.24) is 4.90 Å². The Labute approximate surface area is 77.4 Å². The quantitative estimate of drug-likeness (QED) is 0.672. The van der Waals surface area contributed by atoms with Crippen molar-refractivity contribution in [3.8, 4) is 0 Å². The molecule has 0 aromatic heterocycles. The summed E-state index contributed by atoms with van der Waals surface area (Å²) < 4.78 is 0. The molecule has 1 heterocycles. The number of hydrogen-bond acceptors (Lipinski definition) is 1. The first-order valence-electron chi connectivity index (χ1n) is 3.28. The van der Waals surface area contributed by atoms with E-state index in [4.69, 9.17) is 5.11 Å². The number of amides is 1. The second kappa shape index (κ2) is 4.76. The second-order valence-electron chi connectivity index (χ2n) is 2.33. The lowest BCUT2D eigenvalue weighted by molar-refractivity contribution is 0.136. The fourth-order valence-electron chi connectivity index (χ4n) is 1.09. The molecule has 0 aromatic carbocycles. The Balaban J connectivity index is 0.000000810. The molecule has 10 heavy (non-hydrogen) atoms. The van der Waals surface area contributed by atoms with Crippen LogP contribution in [0.15, 0.2) is 0 Å². The number of rotatable bonds is 0. The van der Waals surface area contributed by atoms with E-state index >= 15 is 0 Å². The summed E-state index contributed by atoms with van der Waals surface area (Å²) in [5.41, 5.74) is 0. The molecule has 4 heteroatoms. The van der Waals surface area contributed by atoms with Gasteiger partial charge in [-0.05, 0) is 19.3 Å². The summed E-state index contributed by atoms with van der Waals surface area (Å²) in [7, 11) is 0. The standard InChI is InChI=1S/C6H11NO2.HI/c8-6(9)7-4-2-1-3-5-7;/h1-5H2,(H,8,9);1H. The number of hydrogen-bond donors (Lipinski definition) is 1. The SMILES string of the molecule is I.O=C(O)N1CCCCC1. The minimum atomic E-state index is -0.769. The molecule has 0 aromatic rings. The molecule has 3 nitrogen and oxygen atoms in total. The van der Waals surface area contributed by atoms with Gasteiger partial charge in [-0.25, -0.2) is 4.79 Å². The van der Waals surface area contributed by atoms with Gasteiger partial charge >= 0.3 is 6.09 Å². The van der Waals surface area contributed by atoms with Crippen LogP contribution < -0.4 is 0 Å². The van der Waals surface area contributed by atoms with Crippen molar-refractivity contribution in [3.63, 3.8) is 0 Å². The first kappa shape index (κ1) is 10.0. The highest BCUT2D eigenvalue weighted by Gasteiger charge is 2.13. The lowest BCUT2D eigenvalue weighted by atomic mass is 10.1. The van der Waals surface area contributed by atoms with E-state index in [1.807, 2.05) is 0 Å². The summed E-state index contributed by atoms with van der Waals surface area (Å²) in [6.07, 6.45) is 2.48. The minimum Gasteiger partial charge on any atom is -0.465 e. The number of halogens is 1. The van der Waals surface area contributed by atoms with Gasteiger partial charge in [-0.3, -0.25) is 0 Å². The normalized spacial score (nSPS) is 17.8. The smallest absolute Gasteiger partial charge is 0.407 e. The summed E-state index contributed by atoms with van der Waals surface area (Å²) in [5.74, 6) is 0. The summed E-state index contributed by atoms with van der Waals surface area (Å²) in [4.78, 5) is 11.8. The average Bonchev–Trinajstić information content (AvgIpc) is 1.90. The second-order valence-corrected chi connectivity index (χ2v) is 2.33. The molecule has 60 valence electrons.